The quantitative estimate of drug-likeness (QED) is 0.653. The van der Waals surface area contributed by atoms with Crippen molar-refractivity contribution >= 4 is 5.91 Å². The van der Waals surface area contributed by atoms with Gasteiger partial charge >= 0.3 is 0 Å². The van der Waals surface area contributed by atoms with Crippen LogP contribution >= 0.6 is 0 Å². The fraction of sp³-hybridized carbons (Fsp3) is 0.182. The lowest BCUT2D eigenvalue weighted by molar-refractivity contribution is 0.0941. The molecule has 136 valence electrons. The summed E-state index contributed by atoms with van der Waals surface area (Å²) in [6.07, 6.45) is 2.48. The maximum Gasteiger partial charge on any atom is 0.269 e. The molecule has 3 aromatic rings. The first-order chi connectivity index (χ1) is 13.3. The number of benzene rings is 2. The minimum atomic E-state index is -0.268. The molecular formula is C22H21N3O2. The van der Waals surface area contributed by atoms with Gasteiger partial charge in [0.1, 0.15) is 11.8 Å². The molecule has 5 nitrogen and oxygen atoms in total. The highest BCUT2D eigenvalue weighted by Gasteiger charge is 2.19. The van der Waals surface area contributed by atoms with E-state index in [4.69, 9.17) is 4.74 Å². The Morgan fingerprint density at radius 2 is 1.85 bits per heavy atom. The van der Waals surface area contributed by atoms with Crippen molar-refractivity contribution in [2.75, 3.05) is 20.3 Å². The molecule has 0 aliphatic carbocycles. The molecule has 27 heavy (non-hydrogen) atoms. The molecule has 0 unspecified atom stereocenters. The van der Waals surface area contributed by atoms with E-state index in [1.54, 1.807) is 23.9 Å². The number of aromatic nitrogens is 1. The highest BCUT2D eigenvalue weighted by Crippen LogP contribution is 2.28. The number of hydrogen-bond donors (Lipinski definition) is 1. The Morgan fingerprint density at radius 1 is 1.11 bits per heavy atom. The summed E-state index contributed by atoms with van der Waals surface area (Å²) in [7, 11) is 1.63. The Labute approximate surface area is 158 Å². The predicted molar refractivity (Wildman–Crippen MR) is 105 cm³/mol. The van der Waals surface area contributed by atoms with Crippen LogP contribution in [-0.2, 0) is 4.74 Å². The monoisotopic (exact) mass is 359 g/mol. The summed E-state index contributed by atoms with van der Waals surface area (Å²) in [6.45, 7) is 1.06. The van der Waals surface area contributed by atoms with Gasteiger partial charge in [0.05, 0.1) is 11.3 Å². The fourth-order valence-corrected chi connectivity index (χ4v) is 3.00. The lowest BCUT2D eigenvalue weighted by Gasteiger charge is -2.15. The van der Waals surface area contributed by atoms with Gasteiger partial charge in [-0.3, -0.25) is 4.79 Å². The van der Waals surface area contributed by atoms with E-state index in [1.807, 2.05) is 54.6 Å². The van der Waals surface area contributed by atoms with Crippen LogP contribution in [0.5, 0.6) is 0 Å². The van der Waals surface area contributed by atoms with Crippen LogP contribution in [0.3, 0.4) is 0 Å². The van der Waals surface area contributed by atoms with Crippen molar-refractivity contribution < 1.29 is 9.53 Å². The van der Waals surface area contributed by atoms with E-state index in [-0.39, 0.29) is 5.91 Å². The van der Waals surface area contributed by atoms with Crippen molar-refractivity contribution in [2.24, 2.45) is 0 Å². The van der Waals surface area contributed by atoms with Gasteiger partial charge in [0.25, 0.3) is 5.91 Å². The largest absolute Gasteiger partial charge is 0.385 e. The highest BCUT2D eigenvalue weighted by molar-refractivity contribution is 5.96. The van der Waals surface area contributed by atoms with Crippen molar-refractivity contribution in [1.82, 2.24) is 9.88 Å². The van der Waals surface area contributed by atoms with Crippen molar-refractivity contribution in [3.05, 3.63) is 78.1 Å². The van der Waals surface area contributed by atoms with Crippen LogP contribution in [0.15, 0.2) is 66.9 Å². The molecule has 1 heterocycles. The van der Waals surface area contributed by atoms with Crippen LogP contribution in [0.25, 0.3) is 16.8 Å². The van der Waals surface area contributed by atoms with Gasteiger partial charge in [-0.1, -0.05) is 48.5 Å². The molecule has 1 aromatic heterocycles. The minimum absolute atomic E-state index is 0.268. The zero-order valence-electron chi connectivity index (χ0n) is 15.2. The maximum atomic E-state index is 12.8. The molecule has 0 saturated carbocycles. The van der Waals surface area contributed by atoms with E-state index in [0.29, 0.717) is 30.8 Å². The van der Waals surface area contributed by atoms with Crippen LogP contribution in [0.4, 0.5) is 0 Å². The minimum Gasteiger partial charge on any atom is -0.385 e. The molecule has 0 spiro atoms. The van der Waals surface area contributed by atoms with Gasteiger partial charge in [-0.2, -0.15) is 5.26 Å². The Morgan fingerprint density at radius 3 is 2.59 bits per heavy atom. The first-order valence-corrected chi connectivity index (χ1v) is 8.79. The van der Waals surface area contributed by atoms with E-state index < -0.39 is 0 Å². The summed E-state index contributed by atoms with van der Waals surface area (Å²) in [5.74, 6) is -0.268. The zero-order chi connectivity index (χ0) is 19.1. The van der Waals surface area contributed by atoms with E-state index in [1.165, 1.54) is 0 Å². The summed E-state index contributed by atoms with van der Waals surface area (Å²) in [4.78, 5) is 12.8. The third kappa shape index (κ3) is 4.08. The maximum absolute atomic E-state index is 12.8. The SMILES string of the molecule is COCCCNC(=O)c1c(C#N)ccn1-c1ccccc1-c1ccccc1. The number of nitriles is 1. The van der Waals surface area contributed by atoms with Crippen LogP contribution in [0.1, 0.15) is 22.5 Å². The molecule has 0 radical (unpaired) electrons. The molecule has 0 bridgehead atoms. The van der Waals surface area contributed by atoms with Crippen molar-refractivity contribution in [3.8, 4) is 22.9 Å². The zero-order valence-corrected chi connectivity index (χ0v) is 15.2. The molecule has 1 amide bonds. The van der Waals surface area contributed by atoms with Gasteiger partial charge in [-0.15, -0.1) is 0 Å². The van der Waals surface area contributed by atoms with Gasteiger partial charge < -0.3 is 14.6 Å². The molecule has 0 saturated heterocycles. The number of nitrogens with zero attached hydrogens (tertiary/aromatic N) is 2. The normalized spacial score (nSPS) is 10.4. The number of ether oxygens (including phenoxy) is 1. The molecule has 0 aliphatic heterocycles. The van der Waals surface area contributed by atoms with Crippen molar-refractivity contribution in [3.63, 3.8) is 0 Å². The van der Waals surface area contributed by atoms with E-state index >= 15 is 0 Å². The summed E-state index contributed by atoms with van der Waals surface area (Å²) >= 11 is 0. The van der Waals surface area contributed by atoms with E-state index in [9.17, 15) is 10.1 Å². The third-order valence-electron chi connectivity index (χ3n) is 4.28. The second kappa shape index (κ2) is 8.84. The van der Waals surface area contributed by atoms with Gasteiger partial charge in [-0.25, -0.2) is 0 Å². The average molecular weight is 359 g/mol. The molecular weight excluding hydrogens is 338 g/mol. The smallest absolute Gasteiger partial charge is 0.269 e. The molecule has 1 N–H and O–H groups in total. The second-order valence-corrected chi connectivity index (χ2v) is 6.05. The Kier molecular flexibility index (Phi) is 6.03. The number of methoxy groups -OCH3 is 1. The number of rotatable bonds is 7. The molecule has 0 fully saturated rings. The van der Waals surface area contributed by atoms with Crippen molar-refractivity contribution in [1.29, 1.82) is 5.26 Å². The third-order valence-corrected chi connectivity index (χ3v) is 4.28. The standard InChI is InChI=1S/C22H21N3O2/c1-27-15-7-13-24-22(26)21-18(16-23)12-14-25(21)20-11-6-5-10-19(20)17-8-3-2-4-9-17/h2-6,8-12,14H,7,13,15H2,1H3,(H,24,26). The molecule has 2 aromatic carbocycles. The summed E-state index contributed by atoms with van der Waals surface area (Å²) in [6, 6.07) is 21.6. The van der Waals surface area contributed by atoms with E-state index in [2.05, 4.69) is 11.4 Å². The van der Waals surface area contributed by atoms with Crippen LogP contribution in [0.2, 0.25) is 0 Å². The Hall–Kier alpha value is -3.36. The van der Waals surface area contributed by atoms with Crippen LogP contribution in [0, 0.1) is 11.3 Å². The number of para-hydroxylation sites is 1. The number of carbonyl (C=O) groups is 1. The number of amides is 1. The summed E-state index contributed by atoms with van der Waals surface area (Å²) in [5.41, 5.74) is 3.59. The number of carbonyl (C=O) groups excluding carboxylic acids is 1. The van der Waals surface area contributed by atoms with Gasteiger partial charge in [0.2, 0.25) is 0 Å². The molecule has 0 aliphatic rings. The fourth-order valence-electron chi connectivity index (χ4n) is 3.00. The van der Waals surface area contributed by atoms with Crippen LogP contribution in [-0.4, -0.2) is 30.7 Å². The number of hydrogen-bond acceptors (Lipinski definition) is 3. The first-order valence-electron chi connectivity index (χ1n) is 8.79. The van der Waals surface area contributed by atoms with Crippen LogP contribution < -0.4 is 5.32 Å². The molecule has 5 heteroatoms. The average Bonchev–Trinajstić information content (AvgIpc) is 3.16. The lowest BCUT2D eigenvalue weighted by atomic mass is 10.0. The topological polar surface area (TPSA) is 67.0 Å². The van der Waals surface area contributed by atoms with Gasteiger partial charge in [0.15, 0.2) is 0 Å². The Balaban J connectivity index is 2.01. The van der Waals surface area contributed by atoms with Gasteiger partial charge in [-0.05, 0) is 24.1 Å². The summed E-state index contributed by atoms with van der Waals surface area (Å²) < 4.78 is 6.79. The van der Waals surface area contributed by atoms with Crippen molar-refractivity contribution in [2.45, 2.75) is 6.42 Å². The van der Waals surface area contributed by atoms with E-state index in [0.717, 1.165) is 16.8 Å². The lowest BCUT2D eigenvalue weighted by Crippen LogP contribution is -2.28. The highest BCUT2D eigenvalue weighted by atomic mass is 16.5. The molecule has 3 rings (SSSR count). The van der Waals surface area contributed by atoms with Gasteiger partial charge in [0, 0.05) is 32.0 Å². The summed E-state index contributed by atoms with van der Waals surface area (Å²) in [5, 5.41) is 12.3. The number of nitrogens with one attached hydrogen (secondary N) is 1. The first kappa shape index (κ1) is 18.4. The molecule has 0 atom stereocenters. The Bertz CT molecular complexity index is 955. The second-order valence-electron chi connectivity index (χ2n) is 6.05. The predicted octanol–water partition coefficient (Wildman–Crippen LogP) is 3.78.